The maximum absolute atomic E-state index is 10.3. The van der Waals surface area contributed by atoms with Gasteiger partial charge in [-0.3, -0.25) is 4.21 Å². The van der Waals surface area contributed by atoms with Crippen molar-refractivity contribution in [2.24, 2.45) is 5.73 Å². The van der Waals surface area contributed by atoms with Crippen LogP contribution in [0.5, 0.6) is 0 Å². The molecule has 100 valence electrons. The molecule has 0 amide bonds. The summed E-state index contributed by atoms with van der Waals surface area (Å²) in [5, 5.41) is 0. The van der Waals surface area contributed by atoms with Gasteiger partial charge in [-0.25, -0.2) is 0 Å². The molecule has 1 aliphatic heterocycles. The van der Waals surface area contributed by atoms with Crippen molar-refractivity contribution in [3.8, 4) is 0 Å². The first kappa shape index (κ1) is 13.3. The average molecular weight is 269 g/mol. The van der Waals surface area contributed by atoms with Crippen LogP contribution in [0.1, 0.15) is 12.8 Å². The third-order valence-electron chi connectivity index (χ3n) is 3.05. The number of hydrazine groups is 1. The minimum atomic E-state index is -2.32. The van der Waals surface area contributed by atoms with E-state index in [4.69, 9.17) is 5.73 Å². The van der Waals surface area contributed by atoms with E-state index in [1.807, 2.05) is 24.3 Å². The minimum absolute atomic E-state index is 0.318. The van der Waals surface area contributed by atoms with Crippen molar-refractivity contribution in [1.29, 1.82) is 0 Å². The smallest absolute Gasteiger partial charge is 0.0498 e. The highest BCUT2D eigenvalue weighted by Gasteiger charge is 2.15. The number of nitrogens with zero attached hydrogens (tertiary/aromatic N) is 1. The van der Waals surface area contributed by atoms with Crippen LogP contribution in [0.4, 0.5) is 11.4 Å². The number of benzene rings is 1. The quantitative estimate of drug-likeness (QED) is 0.541. The molecule has 1 saturated heterocycles. The Hall–Kier alpha value is -1.15. The van der Waals surface area contributed by atoms with Crippen LogP contribution in [0.15, 0.2) is 24.3 Å². The lowest BCUT2D eigenvalue weighted by Gasteiger charge is -2.32. The van der Waals surface area contributed by atoms with Gasteiger partial charge in [0.2, 0.25) is 0 Å². The first-order valence-corrected chi connectivity index (χ1v) is 6.94. The summed E-state index contributed by atoms with van der Waals surface area (Å²) >= 11 is -2.32. The lowest BCUT2D eigenvalue weighted by molar-refractivity contribution is 0.501. The second kappa shape index (κ2) is 6.14. The molecule has 0 saturated carbocycles. The Morgan fingerprint density at radius 3 is 2.44 bits per heavy atom. The first-order chi connectivity index (χ1) is 8.65. The van der Waals surface area contributed by atoms with Crippen LogP contribution in [-0.2, 0) is 11.3 Å². The van der Waals surface area contributed by atoms with E-state index in [9.17, 15) is 8.76 Å². The van der Waals surface area contributed by atoms with Crippen LogP contribution in [0, 0.1) is 0 Å². The van der Waals surface area contributed by atoms with Crippen molar-refractivity contribution in [3.63, 3.8) is 0 Å². The van der Waals surface area contributed by atoms with Crippen LogP contribution in [-0.4, -0.2) is 27.9 Å². The Labute approximate surface area is 109 Å². The molecule has 1 fully saturated rings. The summed E-state index contributed by atoms with van der Waals surface area (Å²) in [5.74, 6) is 0. The molecule has 1 aromatic carbocycles. The number of anilines is 2. The van der Waals surface area contributed by atoms with Gasteiger partial charge in [0.15, 0.2) is 0 Å². The minimum Gasteiger partial charge on any atom is -0.759 e. The van der Waals surface area contributed by atoms with Gasteiger partial charge in [-0.15, -0.1) is 0 Å². The van der Waals surface area contributed by atoms with Crippen molar-refractivity contribution < 1.29 is 8.76 Å². The molecule has 0 radical (unpaired) electrons. The highest BCUT2D eigenvalue weighted by Crippen LogP contribution is 2.21. The normalized spacial score (nSPS) is 18.7. The topological polar surface area (TPSA) is 93.5 Å². The fourth-order valence-electron chi connectivity index (χ4n) is 2.01. The van der Waals surface area contributed by atoms with Crippen LogP contribution >= 0.6 is 0 Å². The van der Waals surface area contributed by atoms with Crippen molar-refractivity contribution in [2.45, 2.75) is 18.9 Å². The number of nitrogens with two attached hydrogens (primary N) is 1. The highest BCUT2D eigenvalue weighted by molar-refractivity contribution is 7.77. The molecule has 0 bridgehead atoms. The second-order valence-corrected chi connectivity index (χ2v) is 5.01. The molecule has 1 unspecified atom stereocenters. The number of hydrogen-bond acceptors (Lipinski definition) is 5. The van der Waals surface area contributed by atoms with Gasteiger partial charge in [0, 0.05) is 41.8 Å². The number of rotatable bonds is 4. The van der Waals surface area contributed by atoms with Crippen LogP contribution in [0.3, 0.4) is 0 Å². The number of nitrogens with one attached hydrogen (secondary N) is 2. The molecule has 0 aromatic heterocycles. The molecular weight excluding hydrogens is 252 g/mol. The standard InChI is InChI=1S/C11H18N4O2S/c12-9-5-7-15(8-6-9)11-3-1-10(2-4-11)13-14-18(16)17/h1-4,9,13-14H,5-8,12H2,(H,16,17)/p-1. The fraction of sp³-hybridized carbons (Fsp3) is 0.455. The molecule has 0 aliphatic carbocycles. The van der Waals surface area contributed by atoms with Crippen LogP contribution < -0.4 is 20.9 Å². The highest BCUT2D eigenvalue weighted by atomic mass is 32.2. The van der Waals surface area contributed by atoms with Gasteiger partial charge in [-0.2, -0.15) is 4.83 Å². The molecule has 1 aliphatic rings. The van der Waals surface area contributed by atoms with Gasteiger partial charge in [0.05, 0.1) is 0 Å². The van der Waals surface area contributed by atoms with Crippen molar-refractivity contribution >= 4 is 22.6 Å². The Kier molecular flexibility index (Phi) is 4.54. The summed E-state index contributed by atoms with van der Waals surface area (Å²) in [4.78, 5) is 4.39. The van der Waals surface area contributed by atoms with E-state index in [2.05, 4.69) is 15.2 Å². The van der Waals surface area contributed by atoms with Gasteiger partial charge in [0.1, 0.15) is 0 Å². The van der Waals surface area contributed by atoms with E-state index in [1.165, 1.54) is 0 Å². The van der Waals surface area contributed by atoms with Gasteiger partial charge in [-0.05, 0) is 37.1 Å². The lowest BCUT2D eigenvalue weighted by atomic mass is 10.1. The molecule has 1 atom stereocenters. The predicted molar refractivity (Wildman–Crippen MR) is 71.5 cm³/mol. The van der Waals surface area contributed by atoms with Crippen LogP contribution in [0.2, 0.25) is 0 Å². The van der Waals surface area contributed by atoms with E-state index in [0.717, 1.165) is 31.6 Å². The van der Waals surface area contributed by atoms with Crippen molar-refractivity contribution in [3.05, 3.63) is 24.3 Å². The van der Waals surface area contributed by atoms with E-state index >= 15 is 0 Å². The van der Waals surface area contributed by atoms with E-state index < -0.39 is 11.3 Å². The zero-order valence-electron chi connectivity index (χ0n) is 9.96. The fourth-order valence-corrected chi connectivity index (χ4v) is 2.22. The van der Waals surface area contributed by atoms with E-state index in [-0.39, 0.29) is 0 Å². The van der Waals surface area contributed by atoms with Gasteiger partial charge >= 0.3 is 0 Å². The molecular formula is C11H17N4O2S-. The van der Waals surface area contributed by atoms with Crippen molar-refractivity contribution in [2.75, 3.05) is 23.4 Å². The van der Waals surface area contributed by atoms with E-state index in [1.54, 1.807) is 0 Å². The van der Waals surface area contributed by atoms with E-state index in [0.29, 0.717) is 11.7 Å². The maximum atomic E-state index is 10.3. The molecule has 1 heterocycles. The van der Waals surface area contributed by atoms with Gasteiger partial charge in [-0.1, -0.05) is 0 Å². The van der Waals surface area contributed by atoms with Crippen molar-refractivity contribution in [1.82, 2.24) is 4.83 Å². The largest absolute Gasteiger partial charge is 0.759 e. The molecule has 4 N–H and O–H groups in total. The molecule has 6 nitrogen and oxygen atoms in total. The molecule has 1 aromatic rings. The predicted octanol–water partition coefficient (Wildman–Crippen LogP) is 0.325. The zero-order chi connectivity index (χ0) is 13.0. The first-order valence-electron chi connectivity index (χ1n) is 5.86. The monoisotopic (exact) mass is 269 g/mol. The molecule has 7 heteroatoms. The van der Waals surface area contributed by atoms with Crippen LogP contribution in [0.25, 0.3) is 0 Å². The number of hydrogen-bond donors (Lipinski definition) is 3. The lowest BCUT2D eigenvalue weighted by Crippen LogP contribution is -2.39. The Bertz CT molecular complexity index is 404. The third kappa shape index (κ3) is 3.67. The summed E-state index contributed by atoms with van der Waals surface area (Å²) in [7, 11) is 0. The Morgan fingerprint density at radius 1 is 1.28 bits per heavy atom. The van der Waals surface area contributed by atoms with Gasteiger partial charge in [0.25, 0.3) is 0 Å². The summed E-state index contributed by atoms with van der Waals surface area (Å²) in [5.41, 5.74) is 10.3. The third-order valence-corrected chi connectivity index (χ3v) is 3.32. The summed E-state index contributed by atoms with van der Waals surface area (Å²) < 4.78 is 20.6. The average Bonchev–Trinajstić information content (AvgIpc) is 2.38. The Balaban J connectivity index is 1.93. The number of piperidine rings is 1. The molecule has 0 spiro atoms. The molecule has 2 rings (SSSR count). The molecule has 18 heavy (non-hydrogen) atoms. The second-order valence-electron chi connectivity index (χ2n) is 4.33. The Morgan fingerprint density at radius 2 is 1.89 bits per heavy atom. The van der Waals surface area contributed by atoms with Gasteiger partial charge < -0.3 is 20.6 Å². The maximum Gasteiger partial charge on any atom is 0.0498 e. The zero-order valence-corrected chi connectivity index (χ0v) is 10.8. The summed E-state index contributed by atoms with van der Waals surface area (Å²) in [6.07, 6.45) is 2.02. The summed E-state index contributed by atoms with van der Waals surface area (Å²) in [6.45, 7) is 1.94. The summed E-state index contributed by atoms with van der Waals surface area (Å²) in [6, 6.07) is 7.93. The SMILES string of the molecule is NC1CCN(c2ccc(NNS(=O)[O-])cc2)CC1.